The van der Waals surface area contributed by atoms with E-state index < -0.39 is 11.1 Å². The van der Waals surface area contributed by atoms with Crippen molar-refractivity contribution in [2.75, 3.05) is 0 Å². The van der Waals surface area contributed by atoms with Crippen LogP contribution in [0.4, 0.5) is 18.9 Å². The Labute approximate surface area is 82.7 Å². The van der Waals surface area contributed by atoms with Crippen molar-refractivity contribution in [3.8, 4) is 11.8 Å². The Morgan fingerprint density at radius 2 is 2.00 bits per heavy atom. The minimum Gasteiger partial charge on any atom is -0.258 e. The summed E-state index contributed by atoms with van der Waals surface area (Å²) in [4.78, 5) is 9.59. The third kappa shape index (κ3) is 3.68. The van der Waals surface area contributed by atoms with Crippen LogP contribution >= 0.6 is 0 Å². The fraction of sp³-hybridized carbons (Fsp3) is 0.111. The summed E-state index contributed by atoms with van der Waals surface area (Å²) >= 11 is 0. The van der Waals surface area contributed by atoms with Gasteiger partial charge in [-0.1, -0.05) is 12.0 Å². The summed E-state index contributed by atoms with van der Waals surface area (Å²) in [6, 6.07) is 4.71. The summed E-state index contributed by atoms with van der Waals surface area (Å²) in [6.45, 7) is 0. The summed E-state index contributed by atoms with van der Waals surface area (Å²) < 4.78 is 35.1. The maximum Gasteiger partial charge on any atom is 0.458 e. The summed E-state index contributed by atoms with van der Waals surface area (Å²) in [6.07, 6.45) is -4.59. The first-order valence-electron chi connectivity index (χ1n) is 3.73. The number of benzene rings is 1. The van der Waals surface area contributed by atoms with Gasteiger partial charge in [0.1, 0.15) is 0 Å². The molecule has 0 atom stereocenters. The zero-order valence-electron chi connectivity index (χ0n) is 7.21. The van der Waals surface area contributed by atoms with Crippen molar-refractivity contribution in [1.29, 1.82) is 0 Å². The second kappa shape index (κ2) is 4.00. The number of nitrogens with zero attached hydrogens (tertiary/aromatic N) is 1. The zero-order valence-corrected chi connectivity index (χ0v) is 7.21. The van der Waals surface area contributed by atoms with E-state index in [1.165, 1.54) is 18.2 Å². The van der Waals surface area contributed by atoms with Gasteiger partial charge in [0.15, 0.2) is 0 Å². The zero-order chi connectivity index (χ0) is 11.5. The standard InChI is InChI=1S/C9H4F3NO2/c10-9(11,12)5-4-7-2-1-3-8(6-7)13(14)15/h1-3,6H. The molecule has 0 unspecified atom stereocenters. The Morgan fingerprint density at radius 1 is 1.33 bits per heavy atom. The SMILES string of the molecule is O=[N+]([O-])c1cccc(C#CC(F)(F)F)c1. The van der Waals surface area contributed by atoms with Crippen LogP contribution in [0.15, 0.2) is 24.3 Å². The topological polar surface area (TPSA) is 43.1 Å². The molecule has 78 valence electrons. The molecule has 15 heavy (non-hydrogen) atoms. The molecule has 0 radical (unpaired) electrons. The lowest BCUT2D eigenvalue weighted by Crippen LogP contribution is -2.01. The molecule has 1 rings (SSSR count). The molecule has 0 saturated carbocycles. The molecular weight excluding hydrogens is 211 g/mol. The average Bonchev–Trinajstić information content (AvgIpc) is 2.14. The second-order valence-electron chi connectivity index (χ2n) is 2.56. The molecule has 0 saturated heterocycles. The van der Waals surface area contributed by atoms with Gasteiger partial charge in [0.05, 0.1) is 4.92 Å². The number of nitro groups is 1. The number of halogens is 3. The van der Waals surface area contributed by atoms with Gasteiger partial charge in [-0.05, 0) is 6.07 Å². The minimum atomic E-state index is -4.59. The van der Waals surface area contributed by atoms with Gasteiger partial charge in [-0.2, -0.15) is 13.2 Å². The Morgan fingerprint density at radius 3 is 2.53 bits per heavy atom. The van der Waals surface area contributed by atoms with Crippen LogP contribution < -0.4 is 0 Å². The monoisotopic (exact) mass is 215 g/mol. The molecule has 1 aromatic carbocycles. The van der Waals surface area contributed by atoms with Gasteiger partial charge in [0, 0.05) is 23.6 Å². The molecule has 3 nitrogen and oxygen atoms in total. The average molecular weight is 215 g/mol. The molecule has 0 aromatic heterocycles. The summed E-state index contributed by atoms with van der Waals surface area (Å²) in [5.41, 5.74) is -0.328. The van der Waals surface area contributed by atoms with Crippen LogP contribution in [0.1, 0.15) is 5.56 Å². The molecule has 0 aliphatic carbocycles. The van der Waals surface area contributed by atoms with E-state index >= 15 is 0 Å². The van der Waals surface area contributed by atoms with Crippen LogP contribution in [0.2, 0.25) is 0 Å². The molecule has 0 aliphatic heterocycles. The third-order valence-corrected chi connectivity index (χ3v) is 1.41. The molecule has 0 fully saturated rings. The van der Waals surface area contributed by atoms with E-state index in [9.17, 15) is 23.3 Å². The highest BCUT2D eigenvalue weighted by Gasteiger charge is 2.22. The number of hydrogen-bond acceptors (Lipinski definition) is 2. The third-order valence-electron chi connectivity index (χ3n) is 1.41. The molecule has 1 aromatic rings. The number of nitro benzene ring substituents is 1. The van der Waals surface area contributed by atoms with Crippen LogP contribution in [-0.4, -0.2) is 11.1 Å². The number of alkyl halides is 3. The Balaban J connectivity index is 3.00. The lowest BCUT2D eigenvalue weighted by atomic mass is 10.2. The molecule has 0 heterocycles. The molecule has 0 aliphatic rings. The van der Waals surface area contributed by atoms with E-state index in [0.29, 0.717) is 0 Å². The van der Waals surface area contributed by atoms with Crippen LogP contribution in [0.25, 0.3) is 0 Å². The molecule has 0 N–H and O–H groups in total. The van der Waals surface area contributed by atoms with Crippen molar-refractivity contribution in [2.45, 2.75) is 6.18 Å². The highest BCUT2D eigenvalue weighted by atomic mass is 19.4. The summed E-state index contributed by atoms with van der Waals surface area (Å²) in [7, 11) is 0. The minimum absolute atomic E-state index is 0.0403. The maximum absolute atomic E-state index is 11.7. The van der Waals surface area contributed by atoms with Gasteiger partial charge in [-0.15, -0.1) is 0 Å². The maximum atomic E-state index is 11.7. The van der Waals surface area contributed by atoms with E-state index in [1.807, 2.05) is 0 Å². The fourth-order valence-electron chi connectivity index (χ4n) is 0.840. The molecular formula is C9H4F3NO2. The quantitative estimate of drug-likeness (QED) is 0.410. The first-order valence-corrected chi connectivity index (χ1v) is 3.73. The number of non-ortho nitro benzene ring substituents is 1. The van der Waals surface area contributed by atoms with E-state index in [0.717, 1.165) is 12.0 Å². The Kier molecular flexibility index (Phi) is 2.95. The fourth-order valence-corrected chi connectivity index (χ4v) is 0.840. The van der Waals surface area contributed by atoms with Crippen molar-refractivity contribution in [3.63, 3.8) is 0 Å². The largest absolute Gasteiger partial charge is 0.458 e. The summed E-state index contributed by atoms with van der Waals surface area (Å²) in [5, 5.41) is 10.3. The predicted octanol–water partition coefficient (Wildman–Crippen LogP) is 2.51. The van der Waals surface area contributed by atoms with Crippen molar-refractivity contribution in [2.24, 2.45) is 0 Å². The normalized spacial score (nSPS) is 10.3. The number of rotatable bonds is 1. The van der Waals surface area contributed by atoms with E-state index in [-0.39, 0.29) is 11.3 Å². The molecule has 0 bridgehead atoms. The first-order chi connectivity index (χ1) is 6.88. The highest BCUT2D eigenvalue weighted by Crippen LogP contribution is 2.15. The van der Waals surface area contributed by atoms with Gasteiger partial charge in [-0.25, -0.2) is 0 Å². The van der Waals surface area contributed by atoms with Crippen LogP contribution in [0.3, 0.4) is 0 Å². The second-order valence-corrected chi connectivity index (χ2v) is 2.56. The molecule has 0 amide bonds. The number of hydrogen-bond donors (Lipinski definition) is 0. The molecule has 0 spiro atoms. The van der Waals surface area contributed by atoms with Crippen molar-refractivity contribution < 1.29 is 18.1 Å². The highest BCUT2D eigenvalue weighted by molar-refractivity contribution is 5.43. The van der Waals surface area contributed by atoms with Gasteiger partial charge >= 0.3 is 6.18 Å². The van der Waals surface area contributed by atoms with Crippen LogP contribution in [0, 0.1) is 22.0 Å². The lowest BCUT2D eigenvalue weighted by molar-refractivity contribution is -0.384. The smallest absolute Gasteiger partial charge is 0.258 e. The van der Waals surface area contributed by atoms with Crippen LogP contribution in [0.5, 0.6) is 0 Å². The van der Waals surface area contributed by atoms with Gasteiger partial charge in [-0.3, -0.25) is 10.1 Å². The summed E-state index contributed by atoms with van der Waals surface area (Å²) in [5.74, 6) is 2.83. The van der Waals surface area contributed by atoms with E-state index in [1.54, 1.807) is 5.92 Å². The Bertz CT molecular complexity index is 443. The Hall–Kier alpha value is -2.03. The predicted molar refractivity (Wildman–Crippen MR) is 46.0 cm³/mol. The first kappa shape index (κ1) is 11.0. The lowest BCUT2D eigenvalue weighted by Gasteiger charge is -1.93. The van der Waals surface area contributed by atoms with Crippen molar-refractivity contribution >= 4 is 5.69 Å². The van der Waals surface area contributed by atoms with Crippen molar-refractivity contribution in [1.82, 2.24) is 0 Å². The van der Waals surface area contributed by atoms with E-state index in [4.69, 9.17) is 0 Å². The molecule has 6 heteroatoms. The van der Waals surface area contributed by atoms with Gasteiger partial charge in [0.25, 0.3) is 5.69 Å². The van der Waals surface area contributed by atoms with Crippen LogP contribution in [-0.2, 0) is 0 Å². The van der Waals surface area contributed by atoms with E-state index in [2.05, 4.69) is 0 Å². The van der Waals surface area contributed by atoms with Crippen molar-refractivity contribution in [3.05, 3.63) is 39.9 Å². The van der Waals surface area contributed by atoms with Gasteiger partial charge in [0.2, 0.25) is 0 Å². The van der Waals surface area contributed by atoms with Gasteiger partial charge < -0.3 is 0 Å².